The van der Waals surface area contributed by atoms with E-state index in [-0.39, 0.29) is 5.92 Å². The van der Waals surface area contributed by atoms with Gasteiger partial charge in [-0.05, 0) is 18.1 Å². The lowest BCUT2D eigenvalue weighted by atomic mass is 10.1. The van der Waals surface area contributed by atoms with Crippen LogP contribution in [0.4, 0.5) is 4.79 Å². The number of nitrogen functional groups attached to an aromatic ring is 1. The second-order valence-corrected chi connectivity index (χ2v) is 6.87. The third kappa shape index (κ3) is 4.18. The smallest absolute Gasteiger partial charge is 0.318 e. The van der Waals surface area contributed by atoms with Crippen LogP contribution in [0.3, 0.4) is 0 Å². The van der Waals surface area contributed by atoms with E-state index >= 15 is 0 Å². The third-order valence-corrected chi connectivity index (χ3v) is 4.83. The van der Waals surface area contributed by atoms with Crippen LogP contribution >= 0.6 is 23.4 Å². The number of nitrogens with zero attached hydrogens (tertiary/aromatic N) is 3. The first-order valence-electron chi connectivity index (χ1n) is 7.03. The number of primary amides is 1. The zero-order valence-electron chi connectivity index (χ0n) is 13.1. The van der Waals surface area contributed by atoms with E-state index in [4.69, 9.17) is 23.2 Å². The fraction of sp³-hybridized carbons (Fsp3) is 0.286. The van der Waals surface area contributed by atoms with Crippen LogP contribution in [0.1, 0.15) is 13.8 Å². The van der Waals surface area contributed by atoms with Crippen molar-refractivity contribution in [3.8, 4) is 11.4 Å². The number of aromatic nitrogens is 3. The molecule has 2 aromatic rings. The van der Waals surface area contributed by atoms with Crippen LogP contribution in [-0.4, -0.2) is 32.1 Å². The molecule has 0 spiro atoms. The average molecular weight is 369 g/mol. The Morgan fingerprint density at radius 1 is 1.33 bits per heavy atom. The maximum absolute atomic E-state index is 12.1. The summed E-state index contributed by atoms with van der Waals surface area (Å²) in [7, 11) is 0. The highest BCUT2D eigenvalue weighted by molar-refractivity contribution is 8.00. The molecule has 2 rings (SSSR count). The standard InChI is InChI=1S/C14H17ClN6O2S/c1-7(2)10(12(22)18-13(16)23)24-14-20-19-11(21(14)17)8-4-3-5-9(15)6-8/h3-7,10H,17H2,1-2H3,(H3,16,18,22,23)/t10-/m0/s1. The molecule has 0 saturated carbocycles. The summed E-state index contributed by atoms with van der Waals surface area (Å²) in [6, 6.07) is 6.12. The molecule has 0 fully saturated rings. The van der Waals surface area contributed by atoms with Crippen molar-refractivity contribution in [2.45, 2.75) is 24.3 Å². The van der Waals surface area contributed by atoms with E-state index in [1.54, 1.807) is 24.3 Å². The van der Waals surface area contributed by atoms with Crippen LogP contribution in [0.5, 0.6) is 0 Å². The SMILES string of the molecule is CC(C)[C@H](Sc1nnc(-c2cccc(Cl)c2)n1N)C(=O)NC(N)=O. The number of hydrogen-bond acceptors (Lipinski definition) is 6. The predicted octanol–water partition coefficient (Wildman–Crippen LogP) is 1.62. The zero-order valence-corrected chi connectivity index (χ0v) is 14.6. The van der Waals surface area contributed by atoms with Crippen LogP contribution in [0.2, 0.25) is 5.02 Å². The summed E-state index contributed by atoms with van der Waals surface area (Å²) in [5, 5.41) is 10.4. The first kappa shape index (κ1) is 18.1. The molecule has 5 N–H and O–H groups in total. The van der Waals surface area contributed by atoms with Gasteiger partial charge in [-0.2, -0.15) is 0 Å². The van der Waals surface area contributed by atoms with Crippen LogP contribution in [0.25, 0.3) is 11.4 Å². The normalized spacial score (nSPS) is 12.2. The van der Waals surface area contributed by atoms with Crippen LogP contribution in [-0.2, 0) is 4.79 Å². The highest BCUT2D eigenvalue weighted by Gasteiger charge is 2.27. The van der Waals surface area contributed by atoms with Gasteiger partial charge >= 0.3 is 6.03 Å². The Kier molecular flexibility index (Phi) is 5.68. The second kappa shape index (κ2) is 7.54. The van der Waals surface area contributed by atoms with Crippen molar-refractivity contribution in [3.05, 3.63) is 29.3 Å². The van der Waals surface area contributed by atoms with Crippen molar-refractivity contribution in [1.82, 2.24) is 20.2 Å². The summed E-state index contributed by atoms with van der Waals surface area (Å²) in [6.45, 7) is 3.68. The number of nitrogens with one attached hydrogen (secondary N) is 1. The quantitative estimate of drug-likeness (QED) is 0.543. The van der Waals surface area contributed by atoms with E-state index in [9.17, 15) is 9.59 Å². The lowest BCUT2D eigenvalue weighted by molar-refractivity contribution is -0.120. The van der Waals surface area contributed by atoms with E-state index in [0.29, 0.717) is 21.6 Å². The third-order valence-electron chi connectivity index (χ3n) is 3.09. The molecule has 1 atom stereocenters. The number of carbonyl (C=O) groups is 2. The minimum absolute atomic E-state index is 0.0827. The van der Waals surface area contributed by atoms with Crippen molar-refractivity contribution in [2.24, 2.45) is 11.7 Å². The number of hydrogen-bond donors (Lipinski definition) is 3. The highest BCUT2D eigenvalue weighted by Crippen LogP contribution is 2.29. The van der Waals surface area contributed by atoms with Gasteiger partial charge in [-0.1, -0.05) is 49.3 Å². The van der Waals surface area contributed by atoms with Crippen molar-refractivity contribution < 1.29 is 9.59 Å². The molecule has 1 heterocycles. The molecule has 0 unspecified atom stereocenters. The van der Waals surface area contributed by atoms with Gasteiger partial charge in [0.2, 0.25) is 11.1 Å². The maximum atomic E-state index is 12.1. The molecule has 10 heteroatoms. The Morgan fingerprint density at radius 2 is 2.04 bits per heavy atom. The topological polar surface area (TPSA) is 129 Å². The minimum Gasteiger partial charge on any atom is -0.351 e. The molecular formula is C14H17ClN6O2S. The Hall–Kier alpha value is -2.26. The van der Waals surface area contributed by atoms with Gasteiger partial charge < -0.3 is 11.6 Å². The molecule has 24 heavy (non-hydrogen) atoms. The van der Waals surface area contributed by atoms with E-state index in [1.165, 1.54) is 4.68 Å². The van der Waals surface area contributed by atoms with E-state index in [2.05, 4.69) is 15.5 Å². The second-order valence-electron chi connectivity index (χ2n) is 5.32. The Morgan fingerprint density at radius 3 is 2.62 bits per heavy atom. The van der Waals surface area contributed by atoms with Crippen LogP contribution < -0.4 is 16.9 Å². The van der Waals surface area contributed by atoms with Gasteiger partial charge in [0.05, 0.1) is 5.25 Å². The van der Waals surface area contributed by atoms with Gasteiger partial charge in [-0.15, -0.1) is 10.2 Å². The van der Waals surface area contributed by atoms with Crippen molar-refractivity contribution >= 4 is 35.3 Å². The first-order chi connectivity index (χ1) is 11.3. The molecule has 128 valence electrons. The van der Waals surface area contributed by atoms with E-state index < -0.39 is 17.2 Å². The molecule has 0 radical (unpaired) electrons. The number of nitrogens with two attached hydrogens (primary N) is 2. The number of urea groups is 1. The van der Waals surface area contributed by atoms with Crippen LogP contribution in [0.15, 0.2) is 29.4 Å². The summed E-state index contributed by atoms with van der Waals surface area (Å²) in [4.78, 5) is 23.0. The zero-order chi connectivity index (χ0) is 17.9. The van der Waals surface area contributed by atoms with E-state index in [0.717, 1.165) is 11.8 Å². The van der Waals surface area contributed by atoms with Crippen molar-refractivity contribution in [3.63, 3.8) is 0 Å². The number of imide groups is 1. The van der Waals surface area contributed by atoms with Gasteiger partial charge in [-0.25, -0.2) is 9.47 Å². The molecule has 0 saturated heterocycles. The van der Waals surface area contributed by atoms with Crippen molar-refractivity contribution in [2.75, 3.05) is 5.84 Å². The lowest BCUT2D eigenvalue weighted by Crippen LogP contribution is -2.42. The number of halogens is 1. The number of benzene rings is 1. The molecule has 0 aliphatic heterocycles. The van der Waals surface area contributed by atoms with Crippen molar-refractivity contribution in [1.29, 1.82) is 0 Å². The van der Waals surface area contributed by atoms with Gasteiger partial charge in [0.25, 0.3) is 0 Å². The molecule has 0 bridgehead atoms. The highest BCUT2D eigenvalue weighted by atomic mass is 35.5. The molecule has 0 aliphatic carbocycles. The largest absolute Gasteiger partial charge is 0.351 e. The number of thioether (sulfide) groups is 1. The molecule has 0 aliphatic rings. The van der Waals surface area contributed by atoms with Gasteiger partial charge in [0.1, 0.15) is 0 Å². The van der Waals surface area contributed by atoms with E-state index in [1.807, 2.05) is 13.8 Å². The lowest BCUT2D eigenvalue weighted by Gasteiger charge is -2.17. The Labute approximate surface area is 147 Å². The average Bonchev–Trinajstić information content (AvgIpc) is 2.84. The summed E-state index contributed by atoms with van der Waals surface area (Å²) < 4.78 is 1.28. The molecular weight excluding hydrogens is 352 g/mol. The maximum Gasteiger partial charge on any atom is 0.318 e. The summed E-state index contributed by atoms with van der Waals surface area (Å²) in [6.07, 6.45) is 0. The minimum atomic E-state index is -0.903. The Bertz CT molecular complexity index is 763. The fourth-order valence-electron chi connectivity index (χ4n) is 1.98. The summed E-state index contributed by atoms with van der Waals surface area (Å²) in [5.74, 6) is 5.87. The Balaban J connectivity index is 2.26. The first-order valence-corrected chi connectivity index (χ1v) is 8.28. The van der Waals surface area contributed by atoms with Crippen LogP contribution in [0, 0.1) is 5.92 Å². The summed E-state index contributed by atoms with van der Waals surface area (Å²) >= 11 is 7.07. The predicted molar refractivity (Wildman–Crippen MR) is 92.8 cm³/mol. The molecule has 1 aromatic heterocycles. The molecule has 1 aromatic carbocycles. The summed E-state index contributed by atoms with van der Waals surface area (Å²) in [5.41, 5.74) is 5.70. The van der Waals surface area contributed by atoms with Gasteiger partial charge in [-0.3, -0.25) is 10.1 Å². The number of carbonyl (C=O) groups excluding carboxylic acids is 2. The fourth-order valence-corrected chi connectivity index (χ4v) is 3.12. The number of amides is 3. The monoisotopic (exact) mass is 368 g/mol. The number of rotatable bonds is 5. The van der Waals surface area contributed by atoms with Gasteiger partial charge in [0.15, 0.2) is 5.82 Å². The van der Waals surface area contributed by atoms with Gasteiger partial charge in [0, 0.05) is 10.6 Å². The molecule has 8 nitrogen and oxygen atoms in total. The molecule has 3 amide bonds.